The van der Waals surface area contributed by atoms with Crippen molar-refractivity contribution in [3.63, 3.8) is 0 Å². The highest BCUT2D eigenvalue weighted by molar-refractivity contribution is 7.92. The van der Waals surface area contributed by atoms with Gasteiger partial charge < -0.3 is 14.8 Å². The molecule has 0 aliphatic rings. The fourth-order valence-electron chi connectivity index (χ4n) is 2.55. The molecule has 2 aromatic carbocycles. The molecule has 0 saturated carbocycles. The van der Waals surface area contributed by atoms with Crippen molar-refractivity contribution in [3.05, 3.63) is 53.6 Å². The van der Waals surface area contributed by atoms with Gasteiger partial charge in [0.15, 0.2) is 6.10 Å². The second-order valence-electron chi connectivity index (χ2n) is 6.23. The van der Waals surface area contributed by atoms with Gasteiger partial charge in [0.1, 0.15) is 5.75 Å². The lowest BCUT2D eigenvalue weighted by atomic mass is 10.1. The molecule has 0 radical (unpaired) electrons. The van der Waals surface area contributed by atoms with E-state index in [4.69, 9.17) is 9.47 Å². The Balaban J connectivity index is 2.30. The first-order valence-corrected chi connectivity index (χ1v) is 10.4. The molecule has 8 nitrogen and oxygen atoms in total. The van der Waals surface area contributed by atoms with Crippen molar-refractivity contribution >= 4 is 27.6 Å². The fourth-order valence-corrected chi connectivity index (χ4v) is 3.89. The molecule has 0 aliphatic heterocycles. The van der Waals surface area contributed by atoms with Crippen molar-refractivity contribution < 1.29 is 27.5 Å². The highest BCUT2D eigenvalue weighted by atomic mass is 32.2. The summed E-state index contributed by atoms with van der Waals surface area (Å²) in [5, 5.41) is 2.55. The summed E-state index contributed by atoms with van der Waals surface area (Å²) in [6.07, 6.45) is -1.00. The molecule has 0 bridgehead atoms. The molecule has 0 spiro atoms. The molecular weight excluding hydrogens is 396 g/mol. The molecule has 156 valence electrons. The lowest BCUT2D eigenvalue weighted by Crippen LogP contribution is -2.35. The van der Waals surface area contributed by atoms with Gasteiger partial charge in [0.25, 0.3) is 15.9 Å². The first-order valence-electron chi connectivity index (χ1n) is 8.94. The van der Waals surface area contributed by atoms with Crippen molar-refractivity contribution in [2.75, 3.05) is 18.4 Å². The molecule has 9 heteroatoms. The molecule has 0 fully saturated rings. The van der Waals surface area contributed by atoms with Crippen LogP contribution in [0.15, 0.2) is 47.4 Å². The van der Waals surface area contributed by atoms with Gasteiger partial charge in [-0.3, -0.25) is 9.52 Å². The van der Waals surface area contributed by atoms with Crippen LogP contribution >= 0.6 is 0 Å². The number of carbonyl (C=O) groups excluding carboxylic acids is 2. The van der Waals surface area contributed by atoms with Gasteiger partial charge in [-0.25, -0.2) is 13.2 Å². The number of benzene rings is 2. The Morgan fingerprint density at radius 3 is 2.48 bits per heavy atom. The number of hydrogen-bond donors (Lipinski definition) is 2. The zero-order chi connectivity index (χ0) is 21.6. The maximum atomic E-state index is 12.9. The van der Waals surface area contributed by atoms with Gasteiger partial charge in [-0.15, -0.1) is 0 Å². The summed E-state index contributed by atoms with van der Waals surface area (Å²) in [5.41, 5.74) is 0.736. The molecule has 2 N–H and O–H groups in total. The van der Waals surface area contributed by atoms with Crippen LogP contribution in [0.4, 0.5) is 5.69 Å². The highest BCUT2D eigenvalue weighted by Gasteiger charge is 2.23. The minimum Gasteiger partial charge on any atom is -0.495 e. The first kappa shape index (κ1) is 22.2. The van der Waals surface area contributed by atoms with E-state index in [0.29, 0.717) is 17.9 Å². The number of methoxy groups -OCH3 is 1. The Morgan fingerprint density at radius 1 is 1.14 bits per heavy atom. The second kappa shape index (κ2) is 9.42. The first-order chi connectivity index (χ1) is 13.7. The van der Waals surface area contributed by atoms with E-state index in [1.165, 1.54) is 32.2 Å². The number of aryl methyl sites for hydroxylation is 1. The Hall–Kier alpha value is -3.07. The van der Waals surface area contributed by atoms with Crippen molar-refractivity contribution in [2.45, 2.75) is 31.8 Å². The number of anilines is 1. The van der Waals surface area contributed by atoms with Gasteiger partial charge in [0.2, 0.25) is 0 Å². The Bertz CT molecular complexity index is 1000. The smallest absolute Gasteiger partial charge is 0.338 e. The second-order valence-corrected chi connectivity index (χ2v) is 7.88. The molecule has 29 heavy (non-hydrogen) atoms. The zero-order valence-electron chi connectivity index (χ0n) is 16.7. The van der Waals surface area contributed by atoms with Crippen molar-refractivity contribution in [2.24, 2.45) is 0 Å². The molecule has 1 amide bonds. The Kier molecular flexibility index (Phi) is 7.22. The summed E-state index contributed by atoms with van der Waals surface area (Å²) in [6, 6.07) is 10.8. The van der Waals surface area contributed by atoms with E-state index >= 15 is 0 Å². The van der Waals surface area contributed by atoms with Crippen molar-refractivity contribution in [1.82, 2.24) is 5.32 Å². The van der Waals surface area contributed by atoms with Crippen LogP contribution in [0, 0.1) is 6.92 Å². The van der Waals surface area contributed by atoms with Crippen molar-refractivity contribution in [3.8, 4) is 5.75 Å². The average molecular weight is 420 g/mol. The molecule has 2 rings (SSSR count). The van der Waals surface area contributed by atoms with Crippen LogP contribution in [0.1, 0.15) is 29.8 Å². The lowest BCUT2D eigenvalue weighted by molar-refractivity contribution is -0.128. The number of carbonyl (C=O) groups is 2. The van der Waals surface area contributed by atoms with Gasteiger partial charge in [-0.1, -0.05) is 18.2 Å². The van der Waals surface area contributed by atoms with Gasteiger partial charge in [-0.2, -0.15) is 0 Å². The molecule has 0 aliphatic carbocycles. The number of hydrogen-bond acceptors (Lipinski definition) is 6. The maximum Gasteiger partial charge on any atom is 0.338 e. The van der Waals surface area contributed by atoms with Crippen LogP contribution in [-0.4, -0.2) is 40.1 Å². The predicted octanol–water partition coefficient (Wildman–Crippen LogP) is 2.49. The number of likely N-dealkylation sites (N-methyl/N-ethyl adjacent to an activating group) is 1. The van der Waals surface area contributed by atoms with Gasteiger partial charge in [0, 0.05) is 6.54 Å². The minimum absolute atomic E-state index is 0.0205. The predicted molar refractivity (Wildman–Crippen MR) is 109 cm³/mol. The summed E-state index contributed by atoms with van der Waals surface area (Å²) >= 11 is 0. The van der Waals surface area contributed by atoms with Crippen LogP contribution in [0.3, 0.4) is 0 Å². The van der Waals surface area contributed by atoms with Crippen LogP contribution in [-0.2, 0) is 19.6 Å². The molecular formula is C20H24N2O6S. The Labute approximate surface area is 170 Å². The molecule has 0 aromatic heterocycles. The lowest BCUT2D eigenvalue weighted by Gasteiger charge is -2.15. The van der Waals surface area contributed by atoms with E-state index in [2.05, 4.69) is 10.0 Å². The number of para-hydroxylation sites is 2. The maximum absolute atomic E-state index is 12.9. The number of esters is 1. The Morgan fingerprint density at radius 2 is 1.83 bits per heavy atom. The average Bonchev–Trinajstić information content (AvgIpc) is 2.68. The molecule has 0 saturated heterocycles. The SMILES string of the molecule is CCNC(=O)[C@H](C)OC(=O)c1ccc(C)c(S(=O)(=O)Nc2ccccc2OC)c1. The molecule has 0 heterocycles. The van der Waals surface area contributed by atoms with Crippen LogP contribution in [0.2, 0.25) is 0 Å². The van der Waals surface area contributed by atoms with Crippen LogP contribution in [0.5, 0.6) is 5.75 Å². The van der Waals surface area contributed by atoms with E-state index in [1.807, 2.05) is 0 Å². The monoisotopic (exact) mass is 420 g/mol. The normalized spacial score (nSPS) is 12.0. The number of amides is 1. The van der Waals surface area contributed by atoms with E-state index < -0.39 is 28.0 Å². The summed E-state index contributed by atoms with van der Waals surface area (Å²) in [6.45, 7) is 5.21. The highest BCUT2D eigenvalue weighted by Crippen LogP contribution is 2.27. The third-order valence-corrected chi connectivity index (χ3v) is 5.58. The summed E-state index contributed by atoms with van der Waals surface area (Å²) in [4.78, 5) is 24.0. The zero-order valence-corrected chi connectivity index (χ0v) is 17.5. The summed E-state index contributed by atoms with van der Waals surface area (Å²) in [7, 11) is -2.57. The topological polar surface area (TPSA) is 111 Å². The summed E-state index contributed by atoms with van der Waals surface area (Å²) in [5.74, 6) is -0.865. The van der Waals surface area contributed by atoms with E-state index in [-0.39, 0.29) is 16.1 Å². The molecule has 0 unspecified atom stereocenters. The quantitative estimate of drug-likeness (QED) is 0.635. The number of nitrogens with one attached hydrogen (secondary N) is 2. The number of rotatable bonds is 8. The molecule has 1 atom stereocenters. The standard InChI is InChI=1S/C20H24N2O6S/c1-5-21-19(23)14(3)28-20(24)15-11-10-13(2)18(12-15)29(25,26)22-16-8-6-7-9-17(16)27-4/h6-12,14,22H,5H2,1-4H3,(H,21,23)/t14-/m0/s1. The third kappa shape index (κ3) is 5.47. The summed E-state index contributed by atoms with van der Waals surface area (Å²) < 4.78 is 38.6. The van der Waals surface area contributed by atoms with Crippen molar-refractivity contribution in [1.29, 1.82) is 0 Å². The van der Waals surface area contributed by atoms with E-state index in [1.54, 1.807) is 38.1 Å². The van der Waals surface area contributed by atoms with E-state index in [0.717, 1.165) is 0 Å². The number of sulfonamides is 1. The van der Waals surface area contributed by atoms with Crippen LogP contribution < -0.4 is 14.8 Å². The van der Waals surface area contributed by atoms with E-state index in [9.17, 15) is 18.0 Å². The fraction of sp³-hybridized carbons (Fsp3) is 0.300. The van der Waals surface area contributed by atoms with Gasteiger partial charge in [-0.05, 0) is 50.6 Å². The van der Waals surface area contributed by atoms with Crippen LogP contribution in [0.25, 0.3) is 0 Å². The third-order valence-electron chi connectivity index (χ3n) is 4.07. The largest absolute Gasteiger partial charge is 0.495 e. The van der Waals surface area contributed by atoms with Gasteiger partial charge >= 0.3 is 5.97 Å². The number of ether oxygens (including phenoxy) is 2. The molecule has 2 aromatic rings. The minimum atomic E-state index is -4.00. The van der Waals surface area contributed by atoms with Gasteiger partial charge in [0.05, 0.1) is 23.3 Å².